The van der Waals surface area contributed by atoms with Crippen LogP contribution in [0.4, 0.5) is 4.79 Å². The Kier molecular flexibility index (Phi) is 8.86. The van der Waals surface area contributed by atoms with Crippen LogP contribution in [0.3, 0.4) is 0 Å². The molecular weight excluding hydrogens is 450 g/mol. The van der Waals surface area contributed by atoms with E-state index in [0.717, 1.165) is 36.7 Å². The Labute approximate surface area is 205 Å². The van der Waals surface area contributed by atoms with E-state index in [4.69, 9.17) is 0 Å². The van der Waals surface area contributed by atoms with E-state index < -0.39 is 48.4 Å². The monoisotopic (exact) mass is 485 g/mol. The quantitative estimate of drug-likeness (QED) is 0.359. The lowest BCUT2D eigenvalue weighted by Gasteiger charge is -2.36. The number of phenolic OH excluding ortho intramolecular Hbond substituents is 1. The number of imide groups is 3. The second-order valence-corrected chi connectivity index (χ2v) is 9.22. The smallest absolute Gasteiger partial charge is 0.423 e. The van der Waals surface area contributed by atoms with Gasteiger partial charge in [-0.15, -0.1) is 0 Å². The van der Waals surface area contributed by atoms with Gasteiger partial charge in [0.25, 0.3) is 0 Å². The highest BCUT2D eigenvalue weighted by Gasteiger charge is 2.56. The van der Waals surface area contributed by atoms with E-state index in [1.165, 1.54) is 0 Å². The summed E-state index contributed by atoms with van der Waals surface area (Å²) in [5.41, 5.74) is 3.57. The van der Waals surface area contributed by atoms with Gasteiger partial charge in [0.15, 0.2) is 0 Å². The Balaban J connectivity index is 1.84. The maximum Gasteiger partial charge on any atom is 0.423 e. The van der Waals surface area contributed by atoms with Crippen molar-refractivity contribution in [3.63, 3.8) is 0 Å². The highest BCUT2D eigenvalue weighted by Crippen LogP contribution is 2.47. The molecule has 4 atom stereocenters. The number of ether oxygens (including phenoxy) is 1. The maximum atomic E-state index is 13.0. The third-order valence-corrected chi connectivity index (χ3v) is 7.10. The fraction of sp³-hybridized carbons (Fsp3) is 0.519. The molecule has 2 aliphatic rings. The number of hydrogen-bond donors (Lipinski definition) is 3. The van der Waals surface area contributed by atoms with Crippen molar-refractivity contribution in [2.24, 2.45) is 17.8 Å². The number of aliphatic hydroxyl groups is 2. The molecule has 1 aliphatic carbocycles. The zero-order chi connectivity index (χ0) is 25.7. The lowest BCUT2D eigenvalue weighted by atomic mass is 9.67. The summed E-state index contributed by atoms with van der Waals surface area (Å²) >= 11 is 0. The number of amides is 3. The van der Waals surface area contributed by atoms with E-state index in [0.29, 0.717) is 29.7 Å². The van der Waals surface area contributed by atoms with Crippen LogP contribution in [0.15, 0.2) is 41.0 Å². The second kappa shape index (κ2) is 11.6. The Morgan fingerprint density at radius 2 is 1.86 bits per heavy atom. The molecule has 3 amide bonds. The van der Waals surface area contributed by atoms with Crippen LogP contribution in [-0.4, -0.2) is 57.9 Å². The maximum absolute atomic E-state index is 13.0. The minimum Gasteiger partial charge on any atom is -0.508 e. The molecule has 0 aromatic heterocycles. The lowest BCUT2D eigenvalue weighted by Crippen LogP contribution is -2.40. The number of phenols is 1. The van der Waals surface area contributed by atoms with Crippen molar-refractivity contribution in [1.82, 2.24) is 4.90 Å². The second-order valence-electron chi connectivity index (χ2n) is 9.22. The van der Waals surface area contributed by atoms with Gasteiger partial charge in [-0.1, -0.05) is 49.6 Å². The van der Waals surface area contributed by atoms with Crippen molar-refractivity contribution < 1.29 is 34.4 Å². The normalized spacial score (nSPS) is 23.5. The fourth-order valence-electron chi connectivity index (χ4n) is 5.44. The van der Waals surface area contributed by atoms with Gasteiger partial charge in [0.2, 0.25) is 11.8 Å². The van der Waals surface area contributed by atoms with Gasteiger partial charge < -0.3 is 20.1 Å². The number of nitrogens with zero attached hydrogens (tertiary/aromatic N) is 1. The number of fused-ring (bicyclic) bond motifs is 1. The molecule has 3 N–H and O–H groups in total. The summed E-state index contributed by atoms with van der Waals surface area (Å²) in [5, 5.41) is 31.0. The molecule has 1 aliphatic heterocycles. The summed E-state index contributed by atoms with van der Waals surface area (Å²) in [6.07, 6.45) is 3.79. The van der Waals surface area contributed by atoms with Gasteiger partial charge in [0.1, 0.15) is 5.75 Å². The van der Waals surface area contributed by atoms with Gasteiger partial charge in [-0.25, -0.2) is 4.79 Å². The molecule has 35 heavy (non-hydrogen) atoms. The predicted octanol–water partition coefficient (Wildman–Crippen LogP) is 3.80. The first-order valence-electron chi connectivity index (χ1n) is 12.2. The van der Waals surface area contributed by atoms with E-state index in [2.05, 4.69) is 17.7 Å². The van der Waals surface area contributed by atoms with Crippen LogP contribution in [0.1, 0.15) is 57.9 Å². The molecule has 8 nitrogen and oxygen atoms in total. The Morgan fingerprint density at radius 1 is 1.17 bits per heavy atom. The minimum atomic E-state index is -1.02. The summed E-state index contributed by atoms with van der Waals surface area (Å²) in [5.74, 6) is -3.45. The number of carbonyl (C=O) groups is 3. The number of aliphatic hydroxyl groups excluding tert-OH is 2. The predicted molar refractivity (Wildman–Crippen MR) is 130 cm³/mol. The summed E-state index contributed by atoms with van der Waals surface area (Å²) < 4.78 is 4.62. The first-order valence-corrected chi connectivity index (χ1v) is 12.2. The van der Waals surface area contributed by atoms with Crippen LogP contribution in [0.25, 0.3) is 6.08 Å². The summed E-state index contributed by atoms with van der Waals surface area (Å²) in [6.45, 7) is 3.59. The summed E-state index contributed by atoms with van der Waals surface area (Å²) in [6, 6.07) is 6.92. The minimum absolute atomic E-state index is 0.199. The van der Waals surface area contributed by atoms with Gasteiger partial charge in [0.05, 0.1) is 31.7 Å². The van der Waals surface area contributed by atoms with Gasteiger partial charge >= 0.3 is 6.09 Å². The number of aromatic hydroxyl groups is 1. The number of likely N-dealkylation sites (tertiary alicyclic amines) is 1. The van der Waals surface area contributed by atoms with Crippen molar-refractivity contribution in [3.8, 4) is 5.75 Å². The fourth-order valence-corrected chi connectivity index (χ4v) is 5.44. The molecular formula is C27H35NO7. The van der Waals surface area contributed by atoms with Crippen LogP contribution < -0.4 is 0 Å². The van der Waals surface area contributed by atoms with Crippen LogP contribution in [0.2, 0.25) is 0 Å². The molecule has 1 aromatic rings. The lowest BCUT2D eigenvalue weighted by molar-refractivity contribution is -0.137. The molecule has 1 saturated heterocycles. The molecule has 0 spiro atoms. The van der Waals surface area contributed by atoms with Crippen molar-refractivity contribution in [2.75, 3.05) is 13.7 Å². The van der Waals surface area contributed by atoms with E-state index in [-0.39, 0.29) is 12.2 Å². The molecule has 1 aromatic carbocycles. The number of allylic oxidation sites excluding steroid dienone is 2. The molecule has 0 saturated carbocycles. The molecule has 8 heteroatoms. The number of hydrogen-bond acceptors (Lipinski definition) is 7. The van der Waals surface area contributed by atoms with Gasteiger partial charge in [-0.3, -0.25) is 9.59 Å². The molecule has 0 unspecified atom stereocenters. The molecule has 1 fully saturated rings. The molecule has 3 rings (SSSR count). The number of carbonyl (C=O) groups excluding carboxylic acids is 3. The van der Waals surface area contributed by atoms with E-state index >= 15 is 0 Å². The van der Waals surface area contributed by atoms with E-state index in [1.54, 1.807) is 12.1 Å². The van der Waals surface area contributed by atoms with Crippen LogP contribution in [-0.2, 0) is 14.3 Å². The third kappa shape index (κ3) is 5.49. The molecule has 0 bridgehead atoms. The Hall–Kier alpha value is -2.97. The number of rotatable bonds is 9. The zero-order valence-corrected chi connectivity index (χ0v) is 20.6. The van der Waals surface area contributed by atoms with Crippen LogP contribution >= 0.6 is 0 Å². The number of methoxy groups -OCH3 is 1. The Morgan fingerprint density at radius 3 is 2.43 bits per heavy atom. The van der Waals surface area contributed by atoms with Gasteiger partial charge in [-0.2, -0.15) is 4.90 Å². The van der Waals surface area contributed by atoms with Crippen LogP contribution in [0, 0.1) is 17.8 Å². The van der Waals surface area contributed by atoms with Crippen molar-refractivity contribution >= 4 is 24.0 Å². The average Bonchev–Trinajstić information content (AvgIpc) is 3.11. The highest BCUT2D eigenvalue weighted by molar-refractivity contribution is 6.15. The van der Waals surface area contributed by atoms with Crippen molar-refractivity contribution in [3.05, 3.63) is 46.5 Å². The summed E-state index contributed by atoms with van der Waals surface area (Å²) in [4.78, 5) is 38.5. The summed E-state index contributed by atoms with van der Waals surface area (Å²) in [7, 11) is 1.11. The standard InChI is InChI=1S/C27H35NO7/c1-4-6-16(13-17-7-10-19(30)11-8-17)9-12-22(31)23-18(5-2)14-20-24(21(23)15-29)26(33)28(25(20)32)27(34)35-3/h7-8,10-11,13,20-22,24,29-31H,4-6,9,12,14-15H2,1-3H3/b16-13+/t20-,21+,22-,24-/m1/s1. The van der Waals surface area contributed by atoms with Crippen molar-refractivity contribution in [2.45, 2.75) is 58.5 Å². The van der Waals surface area contributed by atoms with E-state index in [1.807, 2.05) is 19.1 Å². The first-order chi connectivity index (χ1) is 16.8. The number of benzene rings is 1. The molecule has 190 valence electrons. The first kappa shape index (κ1) is 26.6. The highest BCUT2D eigenvalue weighted by atomic mass is 16.5. The Bertz CT molecular complexity index is 1010. The largest absolute Gasteiger partial charge is 0.508 e. The zero-order valence-electron chi connectivity index (χ0n) is 20.6. The van der Waals surface area contributed by atoms with E-state index in [9.17, 15) is 29.7 Å². The molecule has 0 radical (unpaired) electrons. The van der Waals surface area contributed by atoms with Gasteiger partial charge in [0, 0.05) is 5.92 Å². The van der Waals surface area contributed by atoms with Crippen molar-refractivity contribution in [1.29, 1.82) is 0 Å². The third-order valence-electron chi connectivity index (χ3n) is 7.10. The SMILES string of the molecule is CCC/C(=C\c1ccc(O)cc1)CC[C@@H](O)C1=C(CC)C[C@H]2C(=O)N(C(=O)OC)C(=O)[C@H]2[C@H]1CO. The van der Waals surface area contributed by atoms with Crippen LogP contribution in [0.5, 0.6) is 5.75 Å². The topological polar surface area (TPSA) is 124 Å². The van der Waals surface area contributed by atoms with Gasteiger partial charge in [-0.05, 0) is 55.4 Å². The average molecular weight is 486 g/mol. The molecule has 1 heterocycles.